The van der Waals surface area contributed by atoms with Crippen LogP contribution in [0, 0.1) is 0 Å². The van der Waals surface area contributed by atoms with Crippen molar-refractivity contribution in [3.05, 3.63) is 58.1 Å². The molecule has 0 saturated carbocycles. The number of rotatable bonds is 3. The van der Waals surface area contributed by atoms with Crippen LogP contribution in [0.4, 0.5) is 0 Å². The number of ether oxygens (including phenoxy) is 2. The Morgan fingerprint density at radius 1 is 1.24 bits per heavy atom. The summed E-state index contributed by atoms with van der Waals surface area (Å²) in [5, 5.41) is 0.514. The van der Waals surface area contributed by atoms with Crippen LogP contribution in [0.3, 0.4) is 0 Å². The number of carbonyl (C=O) groups excluding carboxylic acids is 1. The van der Waals surface area contributed by atoms with Crippen molar-refractivity contribution in [1.82, 2.24) is 0 Å². The summed E-state index contributed by atoms with van der Waals surface area (Å²) in [6.45, 7) is 0.739. The molecule has 0 amide bonds. The van der Waals surface area contributed by atoms with Gasteiger partial charge in [0, 0.05) is 10.6 Å². The van der Waals surface area contributed by atoms with Gasteiger partial charge in [-0.3, -0.25) is 4.79 Å². The second-order valence-corrected chi connectivity index (χ2v) is 5.38. The number of hydrogen-bond donors (Lipinski definition) is 0. The van der Waals surface area contributed by atoms with Crippen molar-refractivity contribution in [1.29, 1.82) is 0 Å². The fourth-order valence-electron chi connectivity index (χ4n) is 2.51. The monoisotopic (exact) mass is 302 g/mol. The van der Waals surface area contributed by atoms with Crippen LogP contribution in [-0.4, -0.2) is 19.5 Å². The molecule has 3 nitrogen and oxygen atoms in total. The lowest BCUT2D eigenvalue weighted by atomic mass is 9.97. The lowest BCUT2D eigenvalue weighted by molar-refractivity contribution is 0.103. The van der Waals surface area contributed by atoms with Crippen LogP contribution in [0.1, 0.15) is 27.9 Å². The first-order chi connectivity index (χ1) is 10.2. The molecule has 1 aliphatic rings. The average molecular weight is 303 g/mol. The molecule has 0 aromatic heterocycles. The third-order valence-corrected chi connectivity index (χ3v) is 3.81. The van der Waals surface area contributed by atoms with E-state index in [4.69, 9.17) is 21.1 Å². The largest absolute Gasteiger partial charge is 0.496 e. The molecule has 1 heterocycles. The topological polar surface area (TPSA) is 35.5 Å². The number of fused-ring (bicyclic) bond motifs is 1. The van der Waals surface area contributed by atoms with Gasteiger partial charge in [-0.15, -0.1) is 0 Å². The molecule has 0 fully saturated rings. The van der Waals surface area contributed by atoms with Crippen molar-refractivity contribution in [3.63, 3.8) is 0 Å². The third kappa shape index (κ3) is 2.74. The first kappa shape index (κ1) is 14.0. The fraction of sp³-hybridized carbons (Fsp3) is 0.235. The summed E-state index contributed by atoms with van der Waals surface area (Å²) >= 11 is 5.99. The van der Waals surface area contributed by atoms with Crippen molar-refractivity contribution in [2.75, 3.05) is 13.7 Å². The van der Waals surface area contributed by atoms with Crippen LogP contribution in [0.2, 0.25) is 5.02 Å². The zero-order valence-corrected chi connectivity index (χ0v) is 12.4. The van der Waals surface area contributed by atoms with Gasteiger partial charge in [-0.1, -0.05) is 11.6 Å². The van der Waals surface area contributed by atoms with Crippen LogP contribution in [0.25, 0.3) is 0 Å². The highest BCUT2D eigenvalue weighted by atomic mass is 35.5. The van der Waals surface area contributed by atoms with Crippen molar-refractivity contribution in [2.24, 2.45) is 0 Å². The Kier molecular flexibility index (Phi) is 3.84. The van der Waals surface area contributed by atoms with E-state index in [-0.39, 0.29) is 5.78 Å². The molecule has 108 valence electrons. The summed E-state index contributed by atoms with van der Waals surface area (Å²) in [5.41, 5.74) is 2.18. The standard InChI is InChI=1S/C17H15ClO3/c1-20-16-7-5-13(18)10-14(16)17(19)12-4-6-15-11(9-12)3-2-8-21-15/h4-7,9-10H,2-3,8H2,1H3. The molecule has 0 unspecified atom stereocenters. The number of halogens is 1. The maximum atomic E-state index is 12.7. The summed E-state index contributed by atoms with van der Waals surface area (Å²) in [6.07, 6.45) is 1.91. The second kappa shape index (κ2) is 5.78. The minimum Gasteiger partial charge on any atom is -0.496 e. The highest BCUT2D eigenvalue weighted by Crippen LogP contribution is 2.29. The van der Waals surface area contributed by atoms with Crippen molar-refractivity contribution >= 4 is 17.4 Å². The molecule has 0 atom stereocenters. The molecule has 2 aromatic carbocycles. The number of hydrogen-bond acceptors (Lipinski definition) is 3. The lowest BCUT2D eigenvalue weighted by Crippen LogP contribution is -2.10. The zero-order chi connectivity index (χ0) is 14.8. The summed E-state index contributed by atoms with van der Waals surface area (Å²) in [5.74, 6) is 1.30. The molecule has 0 radical (unpaired) electrons. The Morgan fingerprint density at radius 3 is 2.90 bits per heavy atom. The summed E-state index contributed by atoms with van der Waals surface area (Å²) in [4.78, 5) is 12.7. The third-order valence-electron chi connectivity index (χ3n) is 3.58. The van der Waals surface area contributed by atoms with E-state index in [2.05, 4.69) is 0 Å². The van der Waals surface area contributed by atoms with Crippen LogP contribution < -0.4 is 9.47 Å². The molecular formula is C17H15ClO3. The molecule has 21 heavy (non-hydrogen) atoms. The molecule has 0 spiro atoms. The van der Waals surface area contributed by atoms with Crippen LogP contribution in [0.15, 0.2) is 36.4 Å². The Bertz CT molecular complexity index is 694. The predicted molar refractivity (Wildman–Crippen MR) is 81.7 cm³/mol. The smallest absolute Gasteiger partial charge is 0.196 e. The van der Waals surface area contributed by atoms with Gasteiger partial charge in [0.25, 0.3) is 0 Å². The maximum Gasteiger partial charge on any atom is 0.196 e. The van der Waals surface area contributed by atoms with E-state index in [0.29, 0.717) is 21.9 Å². The number of ketones is 1. The van der Waals surface area contributed by atoms with Gasteiger partial charge in [0.2, 0.25) is 0 Å². The molecule has 0 N–H and O–H groups in total. The van der Waals surface area contributed by atoms with E-state index in [9.17, 15) is 4.79 Å². The molecule has 2 aromatic rings. The van der Waals surface area contributed by atoms with Gasteiger partial charge in [0.1, 0.15) is 11.5 Å². The highest BCUT2D eigenvalue weighted by Gasteiger charge is 2.18. The second-order valence-electron chi connectivity index (χ2n) is 4.95. The summed E-state index contributed by atoms with van der Waals surface area (Å²) in [6, 6.07) is 10.6. The quantitative estimate of drug-likeness (QED) is 0.807. The minimum absolute atomic E-state index is 0.0947. The van der Waals surface area contributed by atoms with E-state index < -0.39 is 0 Å². The van der Waals surface area contributed by atoms with E-state index in [1.807, 2.05) is 12.1 Å². The number of carbonyl (C=O) groups is 1. The number of methoxy groups -OCH3 is 1. The van der Waals surface area contributed by atoms with Gasteiger partial charge < -0.3 is 9.47 Å². The Morgan fingerprint density at radius 2 is 2.10 bits per heavy atom. The van der Waals surface area contributed by atoms with E-state index >= 15 is 0 Å². The molecule has 0 saturated heterocycles. The molecule has 0 aliphatic carbocycles. The first-order valence-electron chi connectivity index (χ1n) is 6.83. The fourth-order valence-corrected chi connectivity index (χ4v) is 2.69. The molecule has 4 heteroatoms. The van der Waals surface area contributed by atoms with Gasteiger partial charge in [-0.2, -0.15) is 0 Å². The van der Waals surface area contributed by atoms with Crippen molar-refractivity contribution in [2.45, 2.75) is 12.8 Å². The van der Waals surface area contributed by atoms with E-state index in [1.165, 1.54) is 0 Å². The molecule has 3 rings (SSSR count). The normalized spacial score (nSPS) is 13.2. The maximum absolute atomic E-state index is 12.7. The average Bonchev–Trinajstić information content (AvgIpc) is 2.53. The van der Waals surface area contributed by atoms with Crippen LogP contribution >= 0.6 is 11.6 Å². The first-order valence-corrected chi connectivity index (χ1v) is 7.21. The summed E-state index contributed by atoms with van der Waals surface area (Å²) in [7, 11) is 1.54. The van der Waals surface area contributed by atoms with Gasteiger partial charge in [0.05, 0.1) is 19.3 Å². The number of benzene rings is 2. The zero-order valence-electron chi connectivity index (χ0n) is 11.7. The van der Waals surface area contributed by atoms with Gasteiger partial charge in [0.15, 0.2) is 5.78 Å². The van der Waals surface area contributed by atoms with Crippen molar-refractivity contribution in [3.8, 4) is 11.5 Å². The minimum atomic E-state index is -0.0947. The molecular weight excluding hydrogens is 288 g/mol. The Balaban J connectivity index is 2.00. The molecule has 1 aliphatic heterocycles. The van der Waals surface area contributed by atoms with E-state index in [0.717, 1.165) is 30.8 Å². The highest BCUT2D eigenvalue weighted by molar-refractivity contribution is 6.31. The lowest BCUT2D eigenvalue weighted by Gasteiger charge is -2.17. The van der Waals surface area contributed by atoms with Crippen LogP contribution in [0.5, 0.6) is 11.5 Å². The predicted octanol–water partition coefficient (Wildman–Crippen LogP) is 3.90. The molecule has 0 bridgehead atoms. The Hall–Kier alpha value is -2.00. The van der Waals surface area contributed by atoms with Gasteiger partial charge in [-0.05, 0) is 54.8 Å². The van der Waals surface area contributed by atoms with Crippen molar-refractivity contribution < 1.29 is 14.3 Å². The Labute approximate surface area is 128 Å². The van der Waals surface area contributed by atoms with E-state index in [1.54, 1.807) is 31.4 Å². The summed E-state index contributed by atoms with van der Waals surface area (Å²) < 4.78 is 10.8. The van der Waals surface area contributed by atoms with Crippen LogP contribution in [-0.2, 0) is 6.42 Å². The SMILES string of the molecule is COc1ccc(Cl)cc1C(=O)c1ccc2c(c1)CCCO2. The van der Waals surface area contributed by atoms with Gasteiger partial charge >= 0.3 is 0 Å². The number of aryl methyl sites for hydroxylation is 1. The van der Waals surface area contributed by atoms with Gasteiger partial charge in [-0.25, -0.2) is 0 Å².